The molecule has 0 unspecified atom stereocenters. The molecule has 0 amide bonds. The van der Waals surface area contributed by atoms with Gasteiger partial charge in [-0.3, -0.25) is 0 Å². The molecule has 2 N–H and O–H groups in total. The first-order chi connectivity index (χ1) is 14.6. The van der Waals surface area contributed by atoms with Gasteiger partial charge in [0.2, 0.25) is 0 Å². The number of halogens is 1. The van der Waals surface area contributed by atoms with Crippen LogP contribution in [0.4, 0.5) is 5.69 Å². The van der Waals surface area contributed by atoms with Crippen molar-refractivity contribution in [3.05, 3.63) is 71.6 Å². The Morgan fingerprint density at radius 2 is 1.87 bits per heavy atom. The first kappa shape index (κ1) is 21.0. The largest absolute Gasteiger partial charge is 0.362 e. The molecule has 8 heteroatoms. The lowest BCUT2D eigenvalue weighted by Gasteiger charge is -2.30. The molecule has 1 saturated carbocycles. The number of anilines is 1. The molecule has 3 aromatic rings. The summed E-state index contributed by atoms with van der Waals surface area (Å²) in [5.41, 5.74) is 2.20. The number of pyridine rings is 1. The Morgan fingerprint density at radius 1 is 1.07 bits per heavy atom. The van der Waals surface area contributed by atoms with Crippen LogP contribution in [-0.4, -0.2) is 26.6 Å². The molecular weight excluding hydrogens is 434 g/mol. The van der Waals surface area contributed by atoms with Gasteiger partial charge in [-0.25, -0.2) is 15.0 Å². The average Bonchev–Trinajstić information content (AvgIpc) is 3.25. The lowest BCUT2D eigenvalue weighted by molar-refractivity contribution is 0.435. The number of thiocarbonyl (C=S) groups is 1. The van der Waals surface area contributed by atoms with Crippen LogP contribution in [0.5, 0.6) is 0 Å². The van der Waals surface area contributed by atoms with Crippen molar-refractivity contribution in [3.63, 3.8) is 0 Å². The molecule has 30 heavy (non-hydrogen) atoms. The molecule has 1 aliphatic carbocycles. The maximum Gasteiger partial charge on any atom is 0.193 e. The molecule has 0 spiro atoms. The Morgan fingerprint density at radius 3 is 2.57 bits per heavy atom. The summed E-state index contributed by atoms with van der Waals surface area (Å²) in [6, 6.07) is 13.9. The van der Waals surface area contributed by atoms with Gasteiger partial charge in [0.25, 0.3) is 0 Å². The third-order valence-corrected chi connectivity index (χ3v) is 6.64. The van der Waals surface area contributed by atoms with Gasteiger partial charge in [-0.2, -0.15) is 0 Å². The topological polar surface area (TPSA) is 62.7 Å². The van der Waals surface area contributed by atoms with Crippen molar-refractivity contribution in [1.82, 2.24) is 20.3 Å². The monoisotopic (exact) mass is 455 g/mol. The second kappa shape index (κ2) is 9.73. The molecule has 1 aromatic carbocycles. The minimum absolute atomic E-state index is 0.0745. The summed E-state index contributed by atoms with van der Waals surface area (Å²) in [7, 11) is 0. The minimum atomic E-state index is 0.0745. The summed E-state index contributed by atoms with van der Waals surface area (Å²) in [5.74, 6) is 0. The van der Waals surface area contributed by atoms with Gasteiger partial charge in [-0.15, -0.1) is 0 Å². The molecule has 0 atom stereocenters. The third kappa shape index (κ3) is 5.28. The van der Waals surface area contributed by atoms with Crippen molar-refractivity contribution in [1.29, 1.82) is 0 Å². The van der Waals surface area contributed by atoms with Gasteiger partial charge in [0.05, 0.1) is 11.9 Å². The zero-order valence-corrected chi connectivity index (χ0v) is 18.7. The fourth-order valence-corrected chi connectivity index (χ4v) is 4.84. The summed E-state index contributed by atoms with van der Waals surface area (Å²) in [5, 5.41) is 9.52. The van der Waals surface area contributed by atoms with Crippen molar-refractivity contribution in [3.8, 4) is 0 Å². The molecule has 1 aliphatic rings. The van der Waals surface area contributed by atoms with E-state index in [9.17, 15) is 0 Å². The van der Waals surface area contributed by atoms with E-state index in [1.54, 1.807) is 24.7 Å². The maximum absolute atomic E-state index is 6.24. The molecule has 0 aliphatic heterocycles. The van der Waals surface area contributed by atoms with E-state index < -0.39 is 0 Å². The second-order valence-corrected chi connectivity index (χ2v) is 9.16. The van der Waals surface area contributed by atoms with Gasteiger partial charge in [0, 0.05) is 29.4 Å². The Bertz CT molecular complexity index is 992. The van der Waals surface area contributed by atoms with Gasteiger partial charge in [0.15, 0.2) is 10.3 Å². The predicted octanol–water partition coefficient (Wildman–Crippen LogP) is 5.47. The number of aromatic nitrogens is 3. The third-order valence-electron chi connectivity index (χ3n) is 5.32. The standard InChI is InChI=1S/C22H22ClN5S2/c23-17-6-3-5-16(13-17)22(9-1-2-10-22)15-27-20(29)28-18-7-8-19(26-14-18)30-21-24-11-4-12-25-21/h3-8,11-14H,1-2,9-10,15H2,(H2,27,28,29). The summed E-state index contributed by atoms with van der Waals surface area (Å²) in [4.78, 5) is 12.9. The number of hydrogen-bond acceptors (Lipinski definition) is 5. The summed E-state index contributed by atoms with van der Waals surface area (Å²) in [6.45, 7) is 0.784. The van der Waals surface area contributed by atoms with E-state index in [2.05, 4.69) is 37.7 Å². The van der Waals surface area contributed by atoms with Crippen LogP contribution in [0.25, 0.3) is 0 Å². The van der Waals surface area contributed by atoms with Crippen LogP contribution in [0.2, 0.25) is 5.02 Å². The first-order valence-corrected chi connectivity index (χ1v) is 11.5. The molecule has 0 radical (unpaired) electrons. The van der Waals surface area contributed by atoms with Crippen molar-refractivity contribution < 1.29 is 0 Å². The fourth-order valence-electron chi connectivity index (χ4n) is 3.81. The SMILES string of the molecule is S=C(NCC1(c2cccc(Cl)c2)CCCC1)Nc1ccc(Sc2ncccn2)nc1. The normalized spacial score (nSPS) is 15.0. The molecule has 2 heterocycles. The molecular formula is C22H22ClN5S2. The quantitative estimate of drug-likeness (QED) is 0.377. The van der Waals surface area contributed by atoms with Crippen molar-refractivity contribution >= 4 is 46.4 Å². The molecule has 4 rings (SSSR count). The van der Waals surface area contributed by atoms with Crippen molar-refractivity contribution in [2.45, 2.75) is 41.3 Å². The van der Waals surface area contributed by atoms with Crippen LogP contribution in [0.15, 0.2) is 71.2 Å². The number of hydrogen-bond donors (Lipinski definition) is 2. The Kier molecular flexibility index (Phi) is 6.82. The predicted molar refractivity (Wildman–Crippen MR) is 126 cm³/mol. The average molecular weight is 456 g/mol. The van der Waals surface area contributed by atoms with Gasteiger partial charge in [-0.1, -0.05) is 36.6 Å². The van der Waals surface area contributed by atoms with Crippen LogP contribution in [0.3, 0.4) is 0 Å². The molecule has 1 fully saturated rings. The van der Waals surface area contributed by atoms with E-state index in [0.717, 1.165) is 35.1 Å². The lowest BCUT2D eigenvalue weighted by atomic mass is 9.79. The molecule has 154 valence electrons. The van der Waals surface area contributed by atoms with Crippen LogP contribution < -0.4 is 10.6 Å². The number of nitrogens with one attached hydrogen (secondary N) is 2. The van der Waals surface area contributed by atoms with Crippen molar-refractivity contribution in [2.75, 3.05) is 11.9 Å². The van der Waals surface area contributed by atoms with Gasteiger partial charge in [0.1, 0.15) is 5.03 Å². The number of benzene rings is 1. The molecule has 5 nitrogen and oxygen atoms in total. The zero-order valence-electron chi connectivity index (χ0n) is 16.3. The Labute approximate surface area is 191 Å². The zero-order chi connectivity index (χ0) is 20.8. The lowest BCUT2D eigenvalue weighted by Crippen LogP contribution is -2.40. The van der Waals surface area contributed by atoms with Crippen molar-refractivity contribution in [2.24, 2.45) is 0 Å². The van der Waals surface area contributed by atoms with E-state index in [1.165, 1.54) is 30.2 Å². The number of nitrogens with zero attached hydrogens (tertiary/aromatic N) is 3. The number of rotatable bonds is 6. The highest BCUT2D eigenvalue weighted by molar-refractivity contribution is 7.99. The molecule has 0 saturated heterocycles. The highest BCUT2D eigenvalue weighted by atomic mass is 35.5. The van der Waals surface area contributed by atoms with E-state index in [-0.39, 0.29) is 5.41 Å². The highest BCUT2D eigenvalue weighted by Crippen LogP contribution is 2.41. The minimum Gasteiger partial charge on any atom is -0.362 e. The Balaban J connectivity index is 1.35. The molecule has 0 bridgehead atoms. The fraction of sp³-hybridized carbons (Fsp3) is 0.273. The summed E-state index contributed by atoms with van der Waals surface area (Å²) < 4.78 is 0. The maximum atomic E-state index is 6.24. The van der Waals surface area contributed by atoms with Gasteiger partial charge < -0.3 is 10.6 Å². The van der Waals surface area contributed by atoms with E-state index in [4.69, 9.17) is 23.8 Å². The van der Waals surface area contributed by atoms with Gasteiger partial charge >= 0.3 is 0 Å². The van der Waals surface area contributed by atoms with Crippen LogP contribution in [-0.2, 0) is 5.41 Å². The smallest absolute Gasteiger partial charge is 0.193 e. The van der Waals surface area contributed by atoms with Crippen LogP contribution in [0.1, 0.15) is 31.2 Å². The van der Waals surface area contributed by atoms with E-state index in [1.807, 2.05) is 24.3 Å². The van der Waals surface area contributed by atoms with E-state index >= 15 is 0 Å². The summed E-state index contributed by atoms with van der Waals surface area (Å²) in [6.07, 6.45) is 9.93. The Hall–Kier alpha value is -2.22. The van der Waals surface area contributed by atoms with E-state index in [0.29, 0.717) is 10.3 Å². The first-order valence-electron chi connectivity index (χ1n) is 9.85. The van der Waals surface area contributed by atoms with Gasteiger partial charge in [-0.05, 0) is 72.7 Å². The summed E-state index contributed by atoms with van der Waals surface area (Å²) >= 11 is 13.2. The van der Waals surface area contributed by atoms with Crippen LogP contribution in [0, 0.1) is 0 Å². The molecule has 2 aromatic heterocycles. The second-order valence-electron chi connectivity index (χ2n) is 7.32. The van der Waals surface area contributed by atoms with Crippen LogP contribution >= 0.6 is 35.6 Å². The highest BCUT2D eigenvalue weighted by Gasteiger charge is 2.35.